The molecule has 0 radical (unpaired) electrons. The summed E-state index contributed by atoms with van der Waals surface area (Å²) in [5.74, 6) is 0. The fraction of sp³-hybridized carbons (Fsp3) is 0.0526. The van der Waals surface area contributed by atoms with Crippen LogP contribution in [0.4, 0.5) is 0 Å². The van der Waals surface area contributed by atoms with Gasteiger partial charge in [-0.3, -0.25) is 0 Å². The lowest BCUT2D eigenvalue weighted by atomic mass is 10.4. The molecule has 0 N–H and O–H groups in total. The molecule has 2 atom stereocenters. The van der Waals surface area contributed by atoms with Crippen molar-refractivity contribution in [3.05, 3.63) is 84.9 Å². The van der Waals surface area contributed by atoms with E-state index >= 15 is 0 Å². The maximum Gasteiger partial charge on any atom is -0.00654 e. The standard InChI is InChI=1S/C19H17P3/c1-20-21(16-10-4-2-5-11-16)18-14-8-9-15-19(18)22(20)17-12-6-3-7-13-17/h2-15H,1H3/t21-,22-/m1/s1. The zero-order chi connectivity index (χ0) is 14.9. The Labute approximate surface area is 135 Å². The molecule has 0 amide bonds. The fourth-order valence-corrected chi connectivity index (χ4v) is 19.5. The van der Waals surface area contributed by atoms with E-state index in [4.69, 9.17) is 0 Å². The summed E-state index contributed by atoms with van der Waals surface area (Å²) in [6.45, 7) is 2.52. The van der Waals surface area contributed by atoms with Crippen LogP contribution in [-0.4, -0.2) is 6.66 Å². The molecular formula is C19H17P3. The predicted octanol–water partition coefficient (Wildman–Crippen LogP) is 4.51. The summed E-state index contributed by atoms with van der Waals surface area (Å²) in [5, 5.41) is 6.32. The van der Waals surface area contributed by atoms with Gasteiger partial charge in [0, 0.05) is 0 Å². The van der Waals surface area contributed by atoms with Gasteiger partial charge in [-0.05, 0) is 50.4 Å². The lowest BCUT2D eigenvalue weighted by Gasteiger charge is -2.23. The van der Waals surface area contributed by atoms with Gasteiger partial charge in [-0.15, -0.1) is 0 Å². The third kappa shape index (κ3) is 2.45. The Balaban J connectivity index is 1.87. The Morgan fingerprint density at radius 1 is 0.500 bits per heavy atom. The monoisotopic (exact) mass is 338 g/mol. The highest BCUT2D eigenvalue weighted by Gasteiger charge is 2.38. The van der Waals surface area contributed by atoms with Gasteiger partial charge in [0.2, 0.25) is 0 Å². The van der Waals surface area contributed by atoms with Gasteiger partial charge in [-0.1, -0.05) is 84.9 Å². The second-order valence-corrected chi connectivity index (χ2v) is 16.4. The summed E-state index contributed by atoms with van der Waals surface area (Å²) in [7, 11) is -0.415. The van der Waals surface area contributed by atoms with Crippen LogP contribution in [0.15, 0.2) is 84.9 Å². The Hall–Kier alpha value is -1.05. The van der Waals surface area contributed by atoms with Crippen LogP contribution in [0.25, 0.3) is 0 Å². The van der Waals surface area contributed by atoms with Crippen molar-refractivity contribution >= 4 is 43.7 Å². The van der Waals surface area contributed by atoms with Crippen molar-refractivity contribution in [3.8, 4) is 0 Å². The molecular weight excluding hydrogens is 321 g/mol. The molecule has 0 unspecified atom stereocenters. The minimum absolute atomic E-state index is 0.0417. The summed E-state index contributed by atoms with van der Waals surface area (Å²) in [6.07, 6.45) is 0. The molecule has 108 valence electrons. The van der Waals surface area contributed by atoms with Crippen molar-refractivity contribution in [1.82, 2.24) is 0 Å². The number of fused-ring (bicyclic) bond motifs is 1. The molecule has 0 saturated heterocycles. The molecule has 0 aliphatic carbocycles. The smallest absolute Gasteiger partial charge is 0.00654 e. The van der Waals surface area contributed by atoms with E-state index in [9.17, 15) is 0 Å². The van der Waals surface area contributed by atoms with E-state index < -0.39 is 0 Å². The first-order valence-electron chi connectivity index (χ1n) is 7.39. The Morgan fingerprint density at radius 2 is 0.864 bits per heavy atom. The summed E-state index contributed by atoms with van der Waals surface area (Å²) in [5.41, 5.74) is 0. The van der Waals surface area contributed by atoms with E-state index in [2.05, 4.69) is 91.6 Å². The maximum absolute atomic E-state index is 2.52. The minimum Gasteiger partial charge on any atom is -0.0622 e. The van der Waals surface area contributed by atoms with Crippen molar-refractivity contribution in [1.29, 1.82) is 0 Å². The molecule has 0 nitrogen and oxygen atoms in total. The van der Waals surface area contributed by atoms with Gasteiger partial charge < -0.3 is 0 Å². The highest BCUT2D eigenvalue weighted by atomic mass is 32.5. The summed E-state index contributed by atoms with van der Waals surface area (Å²) in [6, 6.07) is 31.5. The fourth-order valence-electron chi connectivity index (χ4n) is 2.97. The molecule has 22 heavy (non-hydrogen) atoms. The molecule has 0 fully saturated rings. The van der Waals surface area contributed by atoms with Crippen LogP contribution < -0.4 is 21.2 Å². The first kappa shape index (κ1) is 14.5. The molecule has 1 aliphatic heterocycles. The molecule has 3 aromatic carbocycles. The summed E-state index contributed by atoms with van der Waals surface area (Å²) >= 11 is 0. The average Bonchev–Trinajstić information content (AvgIpc) is 2.88. The summed E-state index contributed by atoms with van der Waals surface area (Å²) in [4.78, 5) is 0. The minimum atomic E-state index is -0.187. The molecule has 0 spiro atoms. The lowest BCUT2D eigenvalue weighted by Crippen LogP contribution is -2.20. The number of rotatable bonds is 2. The van der Waals surface area contributed by atoms with Crippen molar-refractivity contribution < 1.29 is 0 Å². The number of benzene rings is 3. The van der Waals surface area contributed by atoms with Gasteiger partial charge in [0.1, 0.15) is 0 Å². The quantitative estimate of drug-likeness (QED) is 0.603. The van der Waals surface area contributed by atoms with Crippen LogP contribution in [0.2, 0.25) is 0 Å². The maximum atomic E-state index is 2.52. The van der Waals surface area contributed by atoms with Crippen LogP contribution in [-0.2, 0) is 0 Å². The highest BCUT2D eigenvalue weighted by Crippen LogP contribution is 2.86. The molecule has 1 aliphatic rings. The van der Waals surface area contributed by atoms with Crippen molar-refractivity contribution in [2.75, 3.05) is 6.66 Å². The van der Waals surface area contributed by atoms with Crippen molar-refractivity contribution in [2.24, 2.45) is 0 Å². The largest absolute Gasteiger partial charge is 0.0622 e. The Kier molecular flexibility index (Phi) is 4.11. The van der Waals surface area contributed by atoms with E-state index in [-0.39, 0.29) is 22.5 Å². The van der Waals surface area contributed by atoms with Crippen LogP contribution in [0, 0.1) is 0 Å². The van der Waals surface area contributed by atoms with Crippen LogP contribution in [0.5, 0.6) is 0 Å². The zero-order valence-corrected chi connectivity index (χ0v) is 15.1. The molecule has 0 aromatic heterocycles. The van der Waals surface area contributed by atoms with Gasteiger partial charge in [0.05, 0.1) is 0 Å². The van der Waals surface area contributed by atoms with E-state index in [1.54, 1.807) is 21.2 Å². The highest BCUT2D eigenvalue weighted by molar-refractivity contribution is 8.68. The normalized spacial score (nSPS) is 20.8. The third-order valence-electron chi connectivity index (χ3n) is 3.92. The third-order valence-corrected chi connectivity index (χ3v) is 17.9. The Morgan fingerprint density at radius 3 is 1.27 bits per heavy atom. The average molecular weight is 338 g/mol. The van der Waals surface area contributed by atoms with Gasteiger partial charge in [0.15, 0.2) is 0 Å². The molecule has 3 aromatic rings. The lowest BCUT2D eigenvalue weighted by molar-refractivity contribution is 1.77. The first-order valence-corrected chi connectivity index (χ1v) is 13.3. The molecule has 0 bridgehead atoms. The van der Waals surface area contributed by atoms with E-state index in [0.29, 0.717) is 0 Å². The van der Waals surface area contributed by atoms with Crippen LogP contribution in [0.3, 0.4) is 0 Å². The first-order chi connectivity index (χ1) is 10.9. The van der Waals surface area contributed by atoms with Gasteiger partial charge >= 0.3 is 0 Å². The second kappa shape index (κ2) is 6.22. The van der Waals surface area contributed by atoms with Crippen LogP contribution >= 0.6 is 22.5 Å². The van der Waals surface area contributed by atoms with E-state index in [1.807, 2.05) is 0 Å². The molecule has 4 rings (SSSR count). The van der Waals surface area contributed by atoms with Crippen molar-refractivity contribution in [2.45, 2.75) is 0 Å². The van der Waals surface area contributed by atoms with Gasteiger partial charge in [0.25, 0.3) is 0 Å². The molecule has 3 heteroatoms. The van der Waals surface area contributed by atoms with Crippen LogP contribution in [0.1, 0.15) is 0 Å². The summed E-state index contributed by atoms with van der Waals surface area (Å²) < 4.78 is 0. The second-order valence-electron chi connectivity index (χ2n) is 5.27. The van der Waals surface area contributed by atoms with Gasteiger partial charge in [-0.25, -0.2) is 0 Å². The predicted molar refractivity (Wildman–Crippen MR) is 105 cm³/mol. The number of hydrogen-bond acceptors (Lipinski definition) is 0. The Bertz CT molecular complexity index is 704. The van der Waals surface area contributed by atoms with E-state index in [0.717, 1.165) is 0 Å². The number of hydrogen-bond donors (Lipinski definition) is 0. The zero-order valence-electron chi connectivity index (χ0n) is 12.4. The van der Waals surface area contributed by atoms with E-state index in [1.165, 1.54) is 0 Å². The van der Waals surface area contributed by atoms with Crippen molar-refractivity contribution in [3.63, 3.8) is 0 Å². The molecule has 1 heterocycles. The SMILES string of the molecule is CP1[P@](c2ccccc2)c2ccccc2[P@@]1c1ccccc1. The topological polar surface area (TPSA) is 0 Å². The molecule has 0 saturated carbocycles. The van der Waals surface area contributed by atoms with Gasteiger partial charge in [-0.2, -0.15) is 0 Å².